The number of nitrogens with one attached hydrogen (secondary N) is 1. The second-order valence-electron chi connectivity index (χ2n) is 5.99. The molecule has 1 aliphatic carbocycles. The van der Waals surface area contributed by atoms with Crippen molar-refractivity contribution >= 4 is 5.69 Å². The van der Waals surface area contributed by atoms with Crippen molar-refractivity contribution in [2.24, 2.45) is 11.8 Å². The molecule has 0 aliphatic heterocycles. The molecule has 4 heteroatoms. The summed E-state index contributed by atoms with van der Waals surface area (Å²) in [5, 5.41) is 3.59. The summed E-state index contributed by atoms with van der Waals surface area (Å²) in [6.07, 6.45) is 5.70. The zero-order valence-electron chi connectivity index (χ0n) is 12.8. The van der Waals surface area contributed by atoms with Gasteiger partial charge in [-0.1, -0.05) is 13.8 Å². The van der Waals surface area contributed by atoms with Gasteiger partial charge in [0.25, 0.3) is 0 Å². The summed E-state index contributed by atoms with van der Waals surface area (Å²) in [6.45, 7) is 5.80. The van der Waals surface area contributed by atoms with Gasteiger partial charge in [-0.2, -0.15) is 0 Å². The molecule has 1 aliphatic rings. The van der Waals surface area contributed by atoms with E-state index in [9.17, 15) is 0 Å². The highest BCUT2D eigenvalue weighted by Crippen LogP contribution is 2.30. The van der Waals surface area contributed by atoms with Gasteiger partial charge in [-0.05, 0) is 37.2 Å². The van der Waals surface area contributed by atoms with Crippen molar-refractivity contribution in [2.45, 2.75) is 39.2 Å². The summed E-state index contributed by atoms with van der Waals surface area (Å²) in [4.78, 5) is 4.31. The van der Waals surface area contributed by atoms with Crippen LogP contribution in [0.25, 0.3) is 0 Å². The number of aromatic nitrogens is 1. The quantitative estimate of drug-likeness (QED) is 0.810. The van der Waals surface area contributed by atoms with Gasteiger partial charge < -0.3 is 14.8 Å². The first-order valence-corrected chi connectivity index (χ1v) is 7.51. The van der Waals surface area contributed by atoms with E-state index in [4.69, 9.17) is 9.47 Å². The molecular formula is C16H26N2O2. The van der Waals surface area contributed by atoms with E-state index in [0.29, 0.717) is 25.1 Å². The second kappa shape index (κ2) is 7.48. The summed E-state index contributed by atoms with van der Waals surface area (Å²) in [5.74, 6) is 2.26. The molecule has 2 unspecified atom stereocenters. The molecule has 2 rings (SSSR count). The molecule has 112 valence electrons. The number of hydrogen-bond donors (Lipinski definition) is 1. The van der Waals surface area contributed by atoms with Gasteiger partial charge in [0.2, 0.25) is 5.88 Å². The molecule has 1 aromatic rings. The minimum Gasteiger partial charge on any atom is -0.475 e. The summed E-state index contributed by atoms with van der Waals surface area (Å²) >= 11 is 0. The largest absolute Gasteiger partial charge is 0.475 e. The van der Waals surface area contributed by atoms with E-state index in [1.807, 2.05) is 18.3 Å². The number of ether oxygens (including phenoxy) is 2. The molecule has 1 fully saturated rings. The van der Waals surface area contributed by atoms with Crippen LogP contribution in [0.15, 0.2) is 18.3 Å². The maximum Gasteiger partial charge on any atom is 0.213 e. The SMILES string of the molecule is COCCOc1ccc(NC2CC(C)CC(C)C2)cn1. The number of anilines is 1. The van der Waals surface area contributed by atoms with Crippen molar-refractivity contribution in [3.8, 4) is 5.88 Å². The first-order chi connectivity index (χ1) is 9.67. The lowest BCUT2D eigenvalue weighted by atomic mass is 9.80. The van der Waals surface area contributed by atoms with Gasteiger partial charge >= 0.3 is 0 Å². The van der Waals surface area contributed by atoms with Gasteiger partial charge in [-0.25, -0.2) is 4.98 Å². The molecule has 0 saturated heterocycles. The van der Waals surface area contributed by atoms with Gasteiger partial charge in [0.15, 0.2) is 0 Å². The van der Waals surface area contributed by atoms with E-state index in [0.717, 1.165) is 17.5 Å². The van der Waals surface area contributed by atoms with Gasteiger partial charge in [-0.3, -0.25) is 0 Å². The maximum absolute atomic E-state index is 5.46. The van der Waals surface area contributed by atoms with Crippen LogP contribution in [0.4, 0.5) is 5.69 Å². The smallest absolute Gasteiger partial charge is 0.213 e. The van der Waals surface area contributed by atoms with Crippen LogP contribution in [0, 0.1) is 11.8 Å². The monoisotopic (exact) mass is 278 g/mol. The second-order valence-corrected chi connectivity index (χ2v) is 5.99. The number of rotatable bonds is 6. The molecule has 1 heterocycles. The predicted octanol–water partition coefficient (Wildman–Crippen LogP) is 3.34. The number of hydrogen-bond acceptors (Lipinski definition) is 4. The normalized spacial score (nSPS) is 26.2. The molecule has 20 heavy (non-hydrogen) atoms. The van der Waals surface area contributed by atoms with Crippen LogP contribution in [0.1, 0.15) is 33.1 Å². The fraction of sp³-hybridized carbons (Fsp3) is 0.688. The van der Waals surface area contributed by atoms with Crippen molar-refractivity contribution < 1.29 is 9.47 Å². The van der Waals surface area contributed by atoms with Crippen LogP contribution < -0.4 is 10.1 Å². The minimum atomic E-state index is 0.536. The molecule has 0 spiro atoms. The van der Waals surface area contributed by atoms with Gasteiger partial charge in [0.05, 0.1) is 18.5 Å². The Morgan fingerprint density at radius 1 is 1.15 bits per heavy atom. The third-order valence-corrected chi connectivity index (χ3v) is 3.82. The molecule has 4 nitrogen and oxygen atoms in total. The van der Waals surface area contributed by atoms with Crippen LogP contribution in [-0.4, -0.2) is 31.3 Å². The first-order valence-electron chi connectivity index (χ1n) is 7.51. The lowest BCUT2D eigenvalue weighted by molar-refractivity contribution is 0.144. The summed E-state index contributed by atoms with van der Waals surface area (Å²) < 4.78 is 10.4. The van der Waals surface area contributed by atoms with Crippen molar-refractivity contribution in [3.63, 3.8) is 0 Å². The predicted molar refractivity (Wildman–Crippen MR) is 81.2 cm³/mol. The Hall–Kier alpha value is -1.29. The average molecular weight is 278 g/mol. The molecular weight excluding hydrogens is 252 g/mol. The number of nitrogens with zero attached hydrogens (tertiary/aromatic N) is 1. The highest BCUT2D eigenvalue weighted by molar-refractivity contribution is 5.43. The molecule has 1 aromatic heterocycles. The van der Waals surface area contributed by atoms with Gasteiger partial charge in [-0.15, -0.1) is 0 Å². The van der Waals surface area contributed by atoms with E-state index in [2.05, 4.69) is 24.1 Å². The van der Waals surface area contributed by atoms with Crippen LogP contribution in [-0.2, 0) is 4.74 Å². The third-order valence-electron chi connectivity index (χ3n) is 3.82. The topological polar surface area (TPSA) is 43.4 Å². The fourth-order valence-corrected chi connectivity index (χ4v) is 3.08. The molecule has 1 N–H and O–H groups in total. The molecule has 0 bridgehead atoms. The Morgan fingerprint density at radius 2 is 1.90 bits per heavy atom. The molecule has 2 atom stereocenters. The highest BCUT2D eigenvalue weighted by atomic mass is 16.5. The van der Waals surface area contributed by atoms with Crippen LogP contribution in [0.2, 0.25) is 0 Å². The highest BCUT2D eigenvalue weighted by Gasteiger charge is 2.23. The molecule has 0 amide bonds. The van der Waals surface area contributed by atoms with Crippen LogP contribution in [0.3, 0.4) is 0 Å². The summed E-state index contributed by atoms with van der Waals surface area (Å²) in [5.41, 5.74) is 1.08. The van der Waals surface area contributed by atoms with Crippen molar-refractivity contribution in [2.75, 3.05) is 25.6 Å². The van der Waals surface area contributed by atoms with E-state index in [1.165, 1.54) is 19.3 Å². The van der Waals surface area contributed by atoms with Crippen LogP contribution in [0.5, 0.6) is 5.88 Å². The Kier molecular flexibility index (Phi) is 5.65. The Labute approximate surface area is 121 Å². The lowest BCUT2D eigenvalue weighted by Crippen LogP contribution is -2.30. The summed E-state index contributed by atoms with van der Waals surface area (Å²) in [6, 6.07) is 4.52. The number of methoxy groups -OCH3 is 1. The van der Waals surface area contributed by atoms with Gasteiger partial charge in [0, 0.05) is 19.2 Å². The molecule has 0 aromatic carbocycles. The molecule has 0 radical (unpaired) electrons. The standard InChI is InChI=1S/C16H26N2O2/c1-12-8-13(2)10-15(9-12)18-14-4-5-16(17-11-14)20-7-6-19-3/h4-5,11-13,15,18H,6-10H2,1-3H3. The number of pyridine rings is 1. The molecule has 1 saturated carbocycles. The fourth-order valence-electron chi connectivity index (χ4n) is 3.08. The van der Waals surface area contributed by atoms with E-state index in [-0.39, 0.29) is 0 Å². The van der Waals surface area contributed by atoms with E-state index >= 15 is 0 Å². The van der Waals surface area contributed by atoms with Crippen molar-refractivity contribution in [3.05, 3.63) is 18.3 Å². The third kappa shape index (κ3) is 4.67. The Bertz CT molecular complexity index is 384. The van der Waals surface area contributed by atoms with Crippen molar-refractivity contribution in [1.82, 2.24) is 4.98 Å². The maximum atomic E-state index is 5.46. The van der Waals surface area contributed by atoms with Crippen LogP contribution >= 0.6 is 0 Å². The van der Waals surface area contributed by atoms with Crippen molar-refractivity contribution in [1.29, 1.82) is 0 Å². The van der Waals surface area contributed by atoms with Gasteiger partial charge in [0.1, 0.15) is 6.61 Å². The lowest BCUT2D eigenvalue weighted by Gasteiger charge is -2.32. The first kappa shape index (κ1) is 15.1. The average Bonchev–Trinajstić information content (AvgIpc) is 2.40. The summed E-state index contributed by atoms with van der Waals surface area (Å²) in [7, 11) is 1.66. The zero-order chi connectivity index (χ0) is 14.4. The van der Waals surface area contributed by atoms with E-state index in [1.54, 1.807) is 7.11 Å². The van der Waals surface area contributed by atoms with E-state index < -0.39 is 0 Å². The zero-order valence-corrected chi connectivity index (χ0v) is 12.8. The Morgan fingerprint density at radius 3 is 2.50 bits per heavy atom. The Balaban J connectivity index is 1.83. The minimum absolute atomic E-state index is 0.536.